The van der Waals surface area contributed by atoms with Crippen LogP contribution in [-0.2, 0) is 0 Å². The largest absolute Gasteiger partial charge is 0.387 e. The van der Waals surface area contributed by atoms with Gasteiger partial charge < -0.3 is 15.5 Å². The zero-order valence-electron chi connectivity index (χ0n) is 12.1. The van der Waals surface area contributed by atoms with Crippen molar-refractivity contribution in [3.05, 3.63) is 28.8 Å². The highest BCUT2D eigenvalue weighted by Gasteiger charge is 2.21. The van der Waals surface area contributed by atoms with Crippen molar-refractivity contribution >= 4 is 23.2 Å². The van der Waals surface area contributed by atoms with E-state index in [0.717, 1.165) is 38.2 Å². The van der Waals surface area contributed by atoms with Crippen LogP contribution in [0, 0.1) is 0 Å². The Morgan fingerprint density at radius 1 is 1.50 bits per heavy atom. The second kappa shape index (κ2) is 6.95. The highest BCUT2D eigenvalue weighted by Crippen LogP contribution is 2.21. The van der Waals surface area contributed by atoms with Gasteiger partial charge in [-0.05, 0) is 44.1 Å². The summed E-state index contributed by atoms with van der Waals surface area (Å²) in [4.78, 5) is 14.8. The number of amides is 1. The molecule has 0 saturated carbocycles. The Kier molecular flexibility index (Phi) is 5.26. The second-order valence-electron chi connectivity index (χ2n) is 5.15. The molecule has 1 heterocycles. The highest BCUT2D eigenvalue weighted by atomic mass is 35.5. The Morgan fingerprint density at radius 2 is 2.30 bits per heavy atom. The molecule has 0 aliphatic carbocycles. The summed E-state index contributed by atoms with van der Waals surface area (Å²) < 4.78 is 0. The molecule has 1 aliphatic rings. The van der Waals surface area contributed by atoms with Gasteiger partial charge >= 0.3 is 0 Å². The maximum absolute atomic E-state index is 12.4. The lowest BCUT2D eigenvalue weighted by atomic mass is 10.0. The number of anilines is 1. The van der Waals surface area contributed by atoms with E-state index in [2.05, 4.69) is 22.5 Å². The van der Waals surface area contributed by atoms with Crippen molar-refractivity contribution in [1.82, 2.24) is 10.2 Å². The number of hydrogen-bond acceptors (Lipinski definition) is 3. The van der Waals surface area contributed by atoms with Crippen molar-refractivity contribution in [3.63, 3.8) is 0 Å². The fraction of sp³-hybridized carbons (Fsp3) is 0.533. The molecule has 1 aromatic rings. The van der Waals surface area contributed by atoms with Gasteiger partial charge in [0.2, 0.25) is 0 Å². The molecule has 0 spiro atoms. The number of piperidine rings is 1. The van der Waals surface area contributed by atoms with Crippen LogP contribution in [0.1, 0.15) is 30.1 Å². The molecule has 5 heteroatoms. The third-order valence-corrected chi connectivity index (χ3v) is 4.02. The molecule has 1 atom stereocenters. The van der Waals surface area contributed by atoms with E-state index in [1.54, 1.807) is 19.2 Å². The second-order valence-corrected chi connectivity index (χ2v) is 5.58. The lowest BCUT2D eigenvalue weighted by Gasteiger charge is -2.32. The van der Waals surface area contributed by atoms with Gasteiger partial charge in [0.15, 0.2) is 0 Å². The van der Waals surface area contributed by atoms with Gasteiger partial charge in [0.05, 0.1) is 5.56 Å². The third kappa shape index (κ3) is 3.64. The summed E-state index contributed by atoms with van der Waals surface area (Å²) in [6.45, 7) is 5.24. The minimum absolute atomic E-state index is 0.0557. The van der Waals surface area contributed by atoms with E-state index < -0.39 is 0 Å². The van der Waals surface area contributed by atoms with E-state index >= 15 is 0 Å². The van der Waals surface area contributed by atoms with Crippen molar-refractivity contribution in [2.75, 3.05) is 32.0 Å². The van der Waals surface area contributed by atoms with Gasteiger partial charge in [-0.2, -0.15) is 0 Å². The first kappa shape index (κ1) is 15.1. The zero-order valence-corrected chi connectivity index (χ0v) is 12.8. The van der Waals surface area contributed by atoms with Gasteiger partial charge in [0.1, 0.15) is 0 Å². The van der Waals surface area contributed by atoms with Crippen LogP contribution in [0.2, 0.25) is 5.02 Å². The van der Waals surface area contributed by atoms with E-state index in [1.165, 1.54) is 0 Å². The standard InChI is InChI=1S/C15H22ClN3O/c1-3-19-8-4-5-12(10-19)18-15(20)13-9-11(16)6-7-14(13)17-2/h6-7,9,12,17H,3-5,8,10H2,1-2H3,(H,18,20). The number of nitrogens with zero attached hydrogens (tertiary/aromatic N) is 1. The average Bonchev–Trinajstić information content (AvgIpc) is 2.47. The van der Waals surface area contributed by atoms with E-state index in [4.69, 9.17) is 11.6 Å². The number of hydrogen-bond donors (Lipinski definition) is 2. The van der Waals surface area contributed by atoms with Crippen LogP contribution in [0.4, 0.5) is 5.69 Å². The maximum Gasteiger partial charge on any atom is 0.253 e. The van der Waals surface area contributed by atoms with Gasteiger partial charge in [0, 0.05) is 30.3 Å². The van der Waals surface area contributed by atoms with Gasteiger partial charge in [-0.25, -0.2) is 0 Å². The van der Waals surface area contributed by atoms with E-state index in [9.17, 15) is 4.79 Å². The summed E-state index contributed by atoms with van der Waals surface area (Å²) in [5, 5.41) is 6.73. The first-order valence-electron chi connectivity index (χ1n) is 7.14. The molecule has 1 aromatic carbocycles. The monoisotopic (exact) mass is 295 g/mol. The molecule has 1 amide bonds. The minimum atomic E-state index is -0.0557. The summed E-state index contributed by atoms with van der Waals surface area (Å²) in [7, 11) is 1.81. The summed E-state index contributed by atoms with van der Waals surface area (Å²) in [6.07, 6.45) is 2.17. The van der Waals surface area contributed by atoms with E-state index in [1.807, 2.05) is 6.07 Å². The summed E-state index contributed by atoms with van der Waals surface area (Å²) in [5.74, 6) is -0.0557. The number of likely N-dealkylation sites (tertiary alicyclic amines) is 1. The van der Waals surface area contributed by atoms with Crippen LogP contribution in [-0.4, -0.2) is 43.5 Å². The molecule has 2 rings (SSSR count). The number of likely N-dealkylation sites (N-methyl/N-ethyl adjacent to an activating group) is 1. The van der Waals surface area contributed by atoms with E-state index in [-0.39, 0.29) is 11.9 Å². The molecule has 1 unspecified atom stereocenters. The minimum Gasteiger partial charge on any atom is -0.387 e. The Hall–Kier alpha value is -1.26. The van der Waals surface area contributed by atoms with Crippen LogP contribution in [0.5, 0.6) is 0 Å². The quantitative estimate of drug-likeness (QED) is 0.897. The summed E-state index contributed by atoms with van der Waals surface area (Å²) in [6, 6.07) is 5.54. The topological polar surface area (TPSA) is 44.4 Å². The number of carbonyl (C=O) groups excluding carboxylic acids is 1. The number of benzene rings is 1. The molecule has 1 fully saturated rings. The Bertz CT molecular complexity index is 478. The summed E-state index contributed by atoms with van der Waals surface area (Å²) >= 11 is 5.99. The Morgan fingerprint density at radius 3 is 3.00 bits per heavy atom. The first-order valence-corrected chi connectivity index (χ1v) is 7.52. The van der Waals surface area contributed by atoms with Gasteiger partial charge in [-0.3, -0.25) is 4.79 Å². The zero-order chi connectivity index (χ0) is 14.5. The van der Waals surface area contributed by atoms with E-state index in [0.29, 0.717) is 10.6 Å². The molecule has 1 aliphatic heterocycles. The third-order valence-electron chi connectivity index (χ3n) is 3.78. The van der Waals surface area contributed by atoms with Crippen molar-refractivity contribution in [2.24, 2.45) is 0 Å². The number of halogens is 1. The van der Waals surface area contributed by atoms with Crippen molar-refractivity contribution in [1.29, 1.82) is 0 Å². The molecule has 0 radical (unpaired) electrons. The normalized spacial score (nSPS) is 19.6. The van der Waals surface area contributed by atoms with Crippen molar-refractivity contribution < 1.29 is 4.79 Å². The van der Waals surface area contributed by atoms with Gasteiger partial charge in [-0.1, -0.05) is 18.5 Å². The summed E-state index contributed by atoms with van der Waals surface area (Å²) in [5.41, 5.74) is 1.41. The average molecular weight is 296 g/mol. The first-order chi connectivity index (χ1) is 9.63. The van der Waals surface area contributed by atoms with Crippen molar-refractivity contribution in [3.8, 4) is 0 Å². The van der Waals surface area contributed by atoms with Crippen LogP contribution < -0.4 is 10.6 Å². The van der Waals surface area contributed by atoms with Gasteiger partial charge in [0.25, 0.3) is 5.91 Å². The number of nitrogens with one attached hydrogen (secondary N) is 2. The molecule has 0 aromatic heterocycles. The fourth-order valence-electron chi connectivity index (χ4n) is 2.65. The van der Waals surface area contributed by atoms with Gasteiger partial charge in [-0.15, -0.1) is 0 Å². The number of rotatable bonds is 4. The molecule has 1 saturated heterocycles. The predicted octanol–water partition coefficient (Wildman–Crippen LogP) is 2.60. The van der Waals surface area contributed by atoms with Crippen LogP contribution in [0.15, 0.2) is 18.2 Å². The van der Waals surface area contributed by atoms with Crippen LogP contribution >= 0.6 is 11.6 Å². The highest BCUT2D eigenvalue weighted by molar-refractivity contribution is 6.31. The fourth-order valence-corrected chi connectivity index (χ4v) is 2.82. The van der Waals surface area contributed by atoms with Crippen molar-refractivity contribution in [2.45, 2.75) is 25.8 Å². The molecular formula is C15H22ClN3O. The maximum atomic E-state index is 12.4. The predicted molar refractivity (Wildman–Crippen MR) is 83.6 cm³/mol. The smallest absolute Gasteiger partial charge is 0.253 e. The Balaban J connectivity index is 2.06. The molecule has 4 nitrogen and oxygen atoms in total. The lowest BCUT2D eigenvalue weighted by Crippen LogP contribution is -2.47. The molecule has 110 valence electrons. The molecule has 20 heavy (non-hydrogen) atoms. The SMILES string of the molecule is CCN1CCCC(NC(=O)c2cc(Cl)ccc2NC)C1. The van der Waals surface area contributed by atoms with Crippen LogP contribution in [0.3, 0.4) is 0 Å². The Labute approximate surface area is 125 Å². The van der Waals surface area contributed by atoms with Crippen LogP contribution in [0.25, 0.3) is 0 Å². The lowest BCUT2D eigenvalue weighted by molar-refractivity contribution is 0.0906. The molecule has 0 bridgehead atoms. The molecular weight excluding hydrogens is 274 g/mol. The molecule has 2 N–H and O–H groups in total. The number of carbonyl (C=O) groups is 1.